The molecule has 630 valence electrons. The van der Waals surface area contributed by atoms with Gasteiger partial charge in [-0.3, -0.25) is 58.1 Å². The molecule has 117 heavy (non-hydrogen) atoms. The number of para-hydroxylation sites is 2. The smallest absolute Gasteiger partial charge is 0.394 e. The minimum absolute atomic E-state index is 0.0273. The van der Waals surface area contributed by atoms with Crippen LogP contribution >= 0.6 is 0 Å². The van der Waals surface area contributed by atoms with Crippen molar-refractivity contribution in [1.29, 1.82) is 5.41 Å². The SMILES string of the molecule is CC(=O)N[C@H](Cc1ccc2ccccc2c1)C(=O)N[C@H](Cc1ccc(F)cc1)C(=O)N[C@H](Cc1c[nH]c2ccccc12)C(=O)N[C@@H](CO)C(=O)N[C@@H](CCCNC(=N)N)C(=O)N[C@H](Cc1c[nH]c2ccccc12)C(=O)N[C@@H](CC(C)C)C(=O)N[C@@H](CCCNC(=NCC(F)(F)F)NCC(F)(F)F)C(=O)N1CCC[C@H]1C(=O)N[C@H](C)C(N)=O. The van der Waals surface area contributed by atoms with Crippen LogP contribution < -0.4 is 75.3 Å². The summed E-state index contributed by atoms with van der Waals surface area (Å²) < 4.78 is 93.9. The van der Waals surface area contributed by atoms with E-state index in [0.29, 0.717) is 44.1 Å². The van der Waals surface area contributed by atoms with Gasteiger partial charge in [-0.05, 0) is 115 Å². The molecule has 11 amide bonds. The maximum Gasteiger partial charge on any atom is 0.408 e. The highest BCUT2D eigenvalue weighted by Crippen LogP contribution is 2.25. The van der Waals surface area contributed by atoms with E-state index < -0.39 is 194 Å². The molecule has 0 bridgehead atoms. The molecule has 0 radical (unpaired) electrons. The van der Waals surface area contributed by atoms with Crippen LogP contribution in [0.25, 0.3) is 32.6 Å². The number of carbonyl (C=O) groups excluding carboxylic acids is 11. The fraction of sp³-hybridized carbons (Fsp3) is 0.430. The normalized spacial score (nSPS) is 15.4. The van der Waals surface area contributed by atoms with Crippen LogP contribution in [-0.2, 0) is 78.4 Å². The average molecular weight is 1640 g/mol. The summed E-state index contributed by atoms with van der Waals surface area (Å²) >= 11 is 0. The summed E-state index contributed by atoms with van der Waals surface area (Å²) in [5, 5.41) is 52.1. The number of nitrogens with zero attached hydrogens (tertiary/aromatic N) is 2. The van der Waals surface area contributed by atoms with Gasteiger partial charge in [-0.2, -0.15) is 26.3 Å². The second-order valence-corrected chi connectivity index (χ2v) is 29.0. The third-order valence-corrected chi connectivity index (χ3v) is 19.2. The zero-order valence-electron chi connectivity index (χ0n) is 64.6. The zero-order valence-corrected chi connectivity index (χ0v) is 64.6. The number of hydrogen-bond donors (Lipinski definition) is 18. The Balaban J connectivity index is 1.06. The Bertz CT molecular complexity index is 4690. The molecule has 10 atom stereocenters. The van der Waals surface area contributed by atoms with E-state index in [1.165, 1.54) is 26.0 Å². The molecular weight excluding hydrogens is 1540 g/mol. The van der Waals surface area contributed by atoms with E-state index in [1.54, 1.807) is 86.2 Å². The Hall–Kier alpha value is -12.4. The van der Waals surface area contributed by atoms with Crippen molar-refractivity contribution in [1.82, 2.24) is 78.7 Å². The molecule has 38 heteroatoms. The first-order valence-electron chi connectivity index (χ1n) is 38.0. The number of alkyl halides is 6. The molecule has 7 aromatic rings. The van der Waals surface area contributed by atoms with Gasteiger partial charge in [0.2, 0.25) is 65.0 Å². The number of aromatic nitrogens is 2. The van der Waals surface area contributed by atoms with E-state index in [-0.39, 0.29) is 77.3 Å². The number of aliphatic hydroxyl groups is 1. The summed E-state index contributed by atoms with van der Waals surface area (Å²) in [6.45, 7) is 0.529. The quantitative estimate of drug-likeness (QED) is 0.0114. The summed E-state index contributed by atoms with van der Waals surface area (Å²) in [4.78, 5) is 168. The van der Waals surface area contributed by atoms with E-state index in [2.05, 4.69) is 73.4 Å². The van der Waals surface area contributed by atoms with Crippen LogP contribution in [0.5, 0.6) is 0 Å². The standard InChI is InChI=1S/C79H98F7N19O12/c1-43(2)32-59(68(110)99-58(75(117)105-31-13-22-65(105)74(116)96-44(3)66(87)108)21-12-30-91-77(94-41-78(81,82)83)95-42-79(84,85)86)100-71(113)62(36-50-38-92-55-18-9-7-16-53(50)55)102-67(109)57(20-11-29-90-76(88)89)98-73(115)64(40-106)104-72(114)63(37-51-39-93-56-19-10-8-17-54(51)56)103-70(112)61(34-46-24-27-52(80)28-25-46)101-69(111)60(97-45(4)107)35-47-23-26-48-14-5-6-15-49(48)33-47/h5-10,14-19,23-28,33,38-39,43-44,57-65,92-93,106H,11-13,20-22,29-32,34-37,40-42H2,1-4H3,(H2,87,108)(H,96,116)(H,97,107)(H,98,115)(H,99,110)(H,100,113)(H,101,111)(H,102,109)(H,103,112)(H,104,114)(H4,88,89,90)(H2,91,94,95)/t44-,57+,58+,59+,60-,61-,62-,63-,64+,65+/m1/s1. The molecule has 0 spiro atoms. The summed E-state index contributed by atoms with van der Waals surface area (Å²) in [5.41, 5.74) is 14.2. The van der Waals surface area contributed by atoms with Gasteiger partial charge in [0.1, 0.15) is 79.3 Å². The molecule has 8 rings (SSSR count). The van der Waals surface area contributed by atoms with Gasteiger partial charge in [0.25, 0.3) is 0 Å². The van der Waals surface area contributed by atoms with Crippen LogP contribution in [0, 0.1) is 17.1 Å². The number of guanidine groups is 2. The van der Waals surface area contributed by atoms with E-state index in [1.807, 2.05) is 36.4 Å². The van der Waals surface area contributed by atoms with Gasteiger partial charge in [-0.25, -0.2) is 9.38 Å². The number of nitrogens with two attached hydrogens (primary N) is 2. The van der Waals surface area contributed by atoms with E-state index >= 15 is 19.2 Å². The van der Waals surface area contributed by atoms with E-state index in [9.17, 15) is 69.4 Å². The summed E-state index contributed by atoms with van der Waals surface area (Å²) in [7, 11) is 0. The number of H-pyrrole nitrogens is 2. The van der Waals surface area contributed by atoms with E-state index in [4.69, 9.17) is 16.9 Å². The Kier molecular flexibility index (Phi) is 32.6. The van der Waals surface area contributed by atoms with Crippen molar-refractivity contribution in [3.05, 3.63) is 156 Å². The maximum absolute atomic E-state index is 15.2. The first kappa shape index (κ1) is 90.2. The number of aliphatic hydroxyl groups excluding tert-OH is 1. The van der Waals surface area contributed by atoms with Crippen molar-refractivity contribution in [2.24, 2.45) is 22.4 Å². The lowest BCUT2D eigenvalue weighted by atomic mass is 9.99. The number of hydrogen-bond acceptors (Lipinski definition) is 14. The van der Waals surface area contributed by atoms with Gasteiger partial charge >= 0.3 is 12.4 Å². The average Bonchev–Trinajstić information content (AvgIpc) is 1.36. The molecule has 0 aliphatic carbocycles. The van der Waals surface area contributed by atoms with Gasteiger partial charge in [-0.1, -0.05) is 105 Å². The Morgan fingerprint density at radius 2 is 1.02 bits per heavy atom. The number of likely N-dealkylation sites (tertiary alicyclic amines) is 1. The van der Waals surface area contributed by atoms with Gasteiger partial charge in [0.05, 0.1) is 6.61 Å². The van der Waals surface area contributed by atoms with Crippen molar-refractivity contribution in [2.75, 3.05) is 39.3 Å². The number of amides is 11. The molecule has 1 saturated heterocycles. The number of primary amides is 1. The lowest BCUT2D eigenvalue weighted by Gasteiger charge is -2.31. The number of carbonyl (C=O) groups is 11. The van der Waals surface area contributed by atoms with Crippen LogP contribution in [0.15, 0.2) is 133 Å². The Morgan fingerprint density at radius 3 is 1.56 bits per heavy atom. The molecule has 31 nitrogen and oxygen atoms in total. The lowest BCUT2D eigenvalue weighted by molar-refractivity contribution is -0.142. The van der Waals surface area contributed by atoms with E-state index in [0.717, 1.165) is 27.8 Å². The predicted molar refractivity (Wildman–Crippen MR) is 420 cm³/mol. The maximum atomic E-state index is 15.2. The molecule has 0 unspecified atom stereocenters. The number of halogens is 7. The Labute approximate surface area is 668 Å². The molecule has 1 aliphatic heterocycles. The summed E-state index contributed by atoms with van der Waals surface area (Å²) in [6, 6.07) is 16.6. The second-order valence-electron chi connectivity index (χ2n) is 29.0. The van der Waals surface area contributed by atoms with Crippen molar-refractivity contribution < 1.29 is 88.6 Å². The number of aromatic amines is 2. The van der Waals surface area contributed by atoms with Crippen molar-refractivity contribution in [2.45, 2.75) is 171 Å². The fourth-order valence-corrected chi connectivity index (χ4v) is 13.4. The highest BCUT2D eigenvalue weighted by molar-refractivity contribution is 6.00. The molecule has 2 aromatic heterocycles. The Morgan fingerprint density at radius 1 is 0.547 bits per heavy atom. The predicted octanol–water partition coefficient (Wildman–Crippen LogP) is 2.83. The third-order valence-electron chi connectivity index (χ3n) is 19.2. The van der Waals surface area contributed by atoms with Crippen LogP contribution in [0.2, 0.25) is 0 Å². The summed E-state index contributed by atoms with van der Waals surface area (Å²) in [6.07, 6.45) is -8.44. The molecule has 1 aliphatic rings. The first-order valence-corrected chi connectivity index (χ1v) is 38.0. The number of rotatable bonds is 40. The van der Waals surface area contributed by atoms with Crippen LogP contribution in [-0.4, -0.2) is 209 Å². The molecule has 20 N–H and O–H groups in total. The molecule has 5 aromatic carbocycles. The zero-order chi connectivity index (χ0) is 85.3. The van der Waals surface area contributed by atoms with Crippen LogP contribution in [0.3, 0.4) is 0 Å². The van der Waals surface area contributed by atoms with Crippen molar-refractivity contribution >= 4 is 109 Å². The van der Waals surface area contributed by atoms with Crippen LogP contribution in [0.1, 0.15) is 94.9 Å². The third kappa shape index (κ3) is 28.0. The highest BCUT2D eigenvalue weighted by Gasteiger charge is 2.41. The minimum atomic E-state index is -4.92. The molecular formula is C79H98F7N19O12. The van der Waals surface area contributed by atoms with Gasteiger partial charge in [0, 0.05) is 86.4 Å². The summed E-state index contributed by atoms with van der Waals surface area (Å²) in [5.74, 6) is -12.6. The highest BCUT2D eigenvalue weighted by atomic mass is 19.4. The number of fused-ring (bicyclic) bond motifs is 3. The van der Waals surface area contributed by atoms with Gasteiger partial charge in [0.15, 0.2) is 11.9 Å². The largest absolute Gasteiger partial charge is 0.408 e. The monoisotopic (exact) mass is 1640 g/mol. The van der Waals surface area contributed by atoms with Crippen molar-refractivity contribution in [3.63, 3.8) is 0 Å². The van der Waals surface area contributed by atoms with Crippen LogP contribution in [0.4, 0.5) is 30.7 Å². The first-order chi connectivity index (χ1) is 55.5. The van der Waals surface area contributed by atoms with Gasteiger partial charge in [-0.15, -0.1) is 0 Å². The molecule has 3 heterocycles. The number of benzene rings is 5. The second kappa shape index (κ2) is 42.3. The fourth-order valence-electron chi connectivity index (χ4n) is 13.4. The lowest BCUT2D eigenvalue weighted by Crippen LogP contribution is -2.61. The van der Waals surface area contributed by atoms with Gasteiger partial charge < -0.3 is 95.2 Å². The number of aliphatic imine (C=N–C) groups is 1. The van der Waals surface area contributed by atoms with Crippen molar-refractivity contribution in [3.8, 4) is 0 Å². The topological polar surface area (TPSA) is 475 Å². The number of nitrogens with one attached hydrogen (secondary N) is 15. The molecule has 1 fully saturated rings. The molecule has 0 saturated carbocycles. The minimum Gasteiger partial charge on any atom is -0.394 e.